The van der Waals surface area contributed by atoms with Crippen LogP contribution >= 0.6 is 0 Å². The molecule has 1 aliphatic heterocycles. The van der Waals surface area contributed by atoms with E-state index in [1.807, 2.05) is 19.2 Å². The van der Waals surface area contributed by atoms with E-state index in [0.717, 1.165) is 30.5 Å². The van der Waals surface area contributed by atoms with Crippen LogP contribution in [0.5, 0.6) is 0 Å². The third kappa shape index (κ3) is 12.8. The summed E-state index contributed by atoms with van der Waals surface area (Å²) in [6, 6.07) is 6.84. The smallest absolute Gasteiger partial charge is 0.0315 e. The predicted octanol–water partition coefficient (Wildman–Crippen LogP) is 8.25. The third-order valence-corrected chi connectivity index (χ3v) is 5.30. The van der Waals surface area contributed by atoms with Crippen LogP contribution in [-0.4, -0.2) is 19.3 Å². The van der Waals surface area contributed by atoms with Crippen molar-refractivity contribution in [2.45, 2.75) is 72.8 Å². The van der Waals surface area contributed by atoms with Crippen molar-refractivity contribution in [3.8, 4) is 0 Å². The maximum Gasteiger partial charge on any atom is 0.0315 e. The van der Waals surface area contributed by atoms with Crippen LogP contribution in [0.15, 0.2) is 66.9 Å². The predicted molar refractivity (Wildman–Crippen MR) is 151 cm³/mol. The molecule has 1 aromatic rings. The standard InChI is InChI=1S/C14H19N.C13H21N.C3H7N/c1-5-11-8-9-13(10-12(11)6-2)14(7-3)15-4;1-4-6-11(2)8-9-13-7-5-10-14-12(13)3;1-3(2)4/h5-6,8-10,14-15H,1-2,7H2,3-4H3;8-9,14H,2,4-7,10H2,1,3H3;4H,1-2H3/b;9-8-;/t14-;;/m1../s1. The molecule has 0 aliphatic carbocycles. The minimum atomic E-state index is 0.419. The number of hydrogen-bond acceptors (Lipinski definition) is 3. The van der Waals surface area contributed by atoms with Gasteiger partial charge >= 0.3 is 0 Å². The van der Waals surface area contributed by atoms with Crippen LogP contribution in [0, 0.1) is 5.41 Å². The van der Waals surface area contributed by atoms with Crippen LogP contribution in [0.1, 0.15) is 89.5 Å². The Balaban J connectivity index is 0.000000536. The molecule has 0 radical (unpaired) electrons. The first-order valence-corrected chi connectivity index (χ1v) is 12.1. The second-order valence-electron chi connectivity index (χ2n) is 8.47. The fourth-order valence-electron chi connectivity index (χ4n) is 3.47. The van der Waals surface area contributed by atoms with E-state index in [2.05, 4.69) is 81.5 Å². The average molecular weight is 450 g/mol. The number of allylic oxidation sites excluding steroid dienone is 5. The van der Waals surface area contributed by atoms with Crippen molar-refractivity contribution in [2.24, 2.45) is 0 Å². The van der Waals surface area contributed by atoms with Crippen LogP contribution in [0.3, 0.4) is 0 Å². The zero-order valence-electron chi connectivity index (χ0n) is 22.0. The summed E-state index contributed by atoms with van der Waals surface area (Å²) < 4.78 is 0. The Kier molecular flexibility index (Phi) is 16.4. The van der Waals surface area contributed by atoms with Gasteiger partial charge in [0.25, 0.3) is 0 Å². The van der Waals surface area contributed by atoms with Gasteiger partial charge in [0.1, 0.15) is 0 Å². The Hall–Kier alpha value is -2.65. The van der Waals surface area contributed by atoms with Crippen molar-refractivity contribution in [1.82, 2.24) is 10.6 Å². The lowest BCUT2D eigenvalue weighted by Gasteiger charge is -2.17. The van der Waals surface area contributed by atoms with Crippen molar-refractivity contribution in [1.29, 1.82) is 5.41 Å². The highest BCUT2D eigenvalue weighted by Crippen LogP contribution is 2.21. The van der Waals surface area contributed by atoms with Gasteiger partial charge in [-0.2, -0.15) is 0 Å². The molecule has 1 aliphatic rings. The molecular formula is C30H47N3. The highest BCUT2D eigenvalue weighted by Gasteiger charge is 2.07. The van der Waals surface area contributed by atoms with E-state index in [0.29, 0.717) is 11.8 Å². The highest BCUT2D eigenvalue weighted by molar-refractivity contribution is 5.75. The second-order valence-corrected chi connectivity index (χ2v) is 8.47. The van der Waals surface area contributed by atoms with E-state index in [4.69, 9.17) is 5.41 Å². The molecule has 0 saturated heterocycles. The lowest BCUT2D eigenvalue weighted by Crippen LogP contribution is -2.19. The first kappa shape index (κ1) is 30.4. The summed E-state index contributed by atoms with van der Waals surface area (Å²) in [7, 11) is 1.99. The number of benzene rings is 1. The summed E-state index contributed by atoms with van der Waals surface area (Å²) in [6.45, 7) is 22.8. The van der Waals surface area contributed by atoms with Gasteiger partial charge in [0.05, 0.1) is 0 Å². The maximum atomic E-state index is 6.50. The number of rotatable bonds is 9. The summed E-state index contributed by atoms with van der Waals surface area (Å²) >= 11 is 0. The molecule has 0 fully saturated rings. The number of nitrogens with one attached hydrogen (secondary N) is 3. The van der Waals surface area contributed by atoms with Gasteiger partial charge in [-0.15, -0.1) is 0 Å². The molecule has 1 atom stereocenters. The largest absolute Gasteiger partial charge is 0.388 e. The summed E-state index contributed by atoms with van der Waals surface area (Å²) in [4.78, 5) is 0. The minimum Gasteiger partial charge on any atom is -0.388 e. The third-order valence-electron chi connectivity index (χ3n) is 5.30. The normalized spacial score (nSPS) is 13.6. The van der Waals surface area contributed by atoms with Crippen molar-refractivity contribution in [3.05, 3.63) is 83.6 Å². The van der Waals surface area contributed by atoms with Gasteiger partial charge in [-0.25, -0.2) is 0 Å². The van der Waals surface area contributed by atoms with Crippen molar-refractivity contribution >= 4 is 17.9 Å². The van der Waals surface area contributed by atoms with E-state index < -0.39 is 0 Å². The van der Waals surface area contributed by atoms with E-state index >= 15 is 0 Å². The quantitative estimate of drug-likeness (QED) is 0.262. The number of hydrogen-bond donors (Lipinski definition) is 3. The summed E-state index contributed by atoms with van der Waals surface area (Å²) in [5, 5.41) is 13.2. The Morgan fingerprint density at radius 1 is 1.18 bits per heavy atom. The van der Waals surface area contributed by atoms with E-state index in [1.165, 1.54) is 41.7 Å². The lowest BCUT2D eigenvalue weighted by atomic mass is 9.98. The maximum absolute atomic E-state index is 6.50. The molecule has 0 saturated carbocycles. The SMILES string of the molecule is C=C(/C=C\C1=C(C)NCCC1)CCC.C=Cc1ccc([C@@H](CC)NC)cc1C=C.CC(C)=N. The molecule has 0 amide bonds. The zero-order valence-corrected chi connectivity index (χ0v) is 22.0. The molecule has 2 rings (SSSR count). The fourth-order valence-corrected chi connectivity index (χ4v) is 3.47. The van der Waals surface area contributed by atoms with Crippen LogP contribution in [0.25, 0.3) is 12.2 Å². The van der Waals surface area contributed by atoms with Crippen LogP contribution in [0.2, 0.25) is 0 Å². The van der Waals surface area contributed by atoms with Gasteiger partial charge in [-0.05, 0) is 81.8 Å². The summed E-state index contributed by atoms with van der Waals surface area (Å²) in [6.07, 6.45) is 13.9. The fraction of sp³-hybridized carbons (Fsp3) is 0.433. The van der Waals surface area contributed by atoms with Crippen LogP contribution in [0.4, 0.5) is 0 Å². The molecule has 0 bridgehead atoms. The summed E-state index contributed by atoms with van der Waals surface area (Å²) in [5.41, 5.74) is 8.26. The van der Waals surface area contributed by atoms with Gasteiger partial charge in [0, 0.05) is 24.0 Å². The Morgan fingerprint density at radius 2 is 1.82 bits per heavy atom. The molecule has 0 aromatic heterocycles. The Morgan fingerprint density at radius 3 is 2.30 bits per heavy atom. The first-order chi connectivity index (χ1) is 15.7. The van der Waals surface area contributed by atoms with E-state index in [9.17, 15) is 0 Å². The molecule has 0 spiro atoms. The van der Waals surface area contributed by atoms with Crippen molar-refractivity contribution in [3.63, 3.8) is 0 Å². The van der Waals surface area contributed by atoms with Crippen LogP contribution in [-0.2, 0) is 0 Å². The first-order valence-electron chi connectivity index (χ1n) is 12.1. The molecule has 0 unspecified atom stereocenters. The Bertz CT molecular complexity index is 819. The molecule has 3 heteroatoms. The van der Waals surface area contributed by atoms with Crippen LogP contribution < -0.4 is 10.6 Å². The second kappa shape index (κ2) is 17.9. The molecule has 1 aromatic carbocycles. The lowest BCUT2D eigenvalue weighted by molar-refractivity contribution is 0.577. The van der Waals surface area contributed by atoms with E-state index in [1.54, 1.807) is 13.8 Å². The van der Waals surface area contributed by atoms with Gasteiger partial charge in [-0.3, -0.25) is 0 Å². The molecule has 3 N–H and O–H groups in total. The molecular weight excluding hydrogens is 402 g/mol. The molecule has 3 nitrogen and oxygen atoms in total. The van der Waals surface area contributed by atoms with Gasteiger partial charge in [-0.1, -0.05) is 82.0 Å². The highest BCUT2D eigenvalue weighted by atomic mass is 14.9. The molecule has 1 heterocycles. The zero-order chi connectivity index (χ0) is 25.2. The summed E-state index contributed by atoms with van der Waals surface area (Å²) in [5.74, 6) is 0. The van der Waals surface area contributed by atoms with Crippen molar-refractivity contribution in [2.75, 3.05) is 13.6 Å². The topological polar surface area (TPSA) is 47.9 Å². The molecule has 182 valence electrons. The van der Waals surface area contributed by atoms with Gasteiger partial charge in [0.2, 0.25) is 0 Å². The minimum absolute atomic E-state index is 0.419. The monoisotopic (exact) mass is 449 g/mol. The van der Waals surface area contributed by atoms with Crippen molar-refractivity contribution < 1.29 is 0 Å². The average Bonchev–Trinajstić information content (AvgIpc) is 2.79. The van der Waals surface area contributed by atoms with Gasteiger partial charge < -0.3 is 16.0 Å². The van der Waals surface area contributed by atoms with Gasteiger partial charge in [0.15, 0.2) is 0 Å². The Labute approximate surface area is 204 Å². The molecule has 33 heavy (non-hydrogen) atoms. The van der Waals surface area contributed by atoms with E-state index in [-0.39, 0.29) is 0 Å².